The number of alkyl halides is 1. The molecular weight excluding hydrogens is 237 g/mol. The summed E-state index contributed by atoms with van der Waals surface area (Å²) in [5, 5.41) is 0. The molecule has 0 saturated carbocycles. The third-order valence-electron chi connectivity index (χ3n) is 1.53. The van der Waals surface area contributed by atoms with Gasteiger partial charge < -0.3 is 0 Å². The average Bonchev–Trinajstić information content (AvgIpc) is 1.87. The Morgan fingerprint density at radius 3 is 2.40 bits per heavy atom. The van der Waals surface area contributed by atoms with Crippen LogP contribution in [-0.4, -0.2) is 23.0 Å². The summed E-state index contributed by atoms with van der Waals surface area (Å²) in [6.45, 7) is 5.81. The molecule has 0 aliphatic heterocycles. The summed E-state index contributed by atoms with van der Waals surface area (Å²) < 4.78 is 1.15. The molecule has 0 atom stereocenters. The molecule has 0 N–H and O–H groups in total. The zero-order valence-corrected chi connectivity index (χ0v) is 9.39. The van der Waals surface area contributed by atoms with Crippen LogP contribution >= 0.6 is 22.6 Å². The van der Waals surface area contributed by atoms with E-state index in [4.69, 9.17) is 0 Å². The van der Waals surface area contributed by atoms with Gasteiger partial charge in [0.25, 0.3) is 0 Å². The average molecular weight is 255 g/mol. The van der Waals surface area contributed by atoms with Gasteiger partial charge in [-0.25, -0.2) is 0 Å². The fraction of sp³-hybridized carbons (Fsp3) is 1.00. The van der Waals surface area contributed by atoms with E-state index in [1.54, 1.807) is 0 Å². The molecule has 10 heavy (non-hydrogen) atoms. The summed E-state index contributed by atoms with van der Waals surface area (Å²) in [7, 11) is 2.17. The lowest BCUT2D eigenvalue weighted by Gasteiger charge is -2.12. The van der Waals surface area contributed by atoms with Gasteiger partial charge in [0.1, 0.15) is 0 Å². The van der Waals surface area contributed by atoms with Crippen molar-refractivity contribution in [1.82, 2.24) is 4.90 Å². The predicted octanol–water partition coefficient (Wildman–Crippen LogP) is 2.75. The number of rotatable bonds is 5. The van der Waals surface area contributed by atoms with E-state index in [0.29, 0.717) is 0 Å². The molecule has 0 radical (unpaired) electrons. The third kappa shape index (κ3) is 6.81. The largest absolute Gasteiger partial charge is 0.297 e. The van der Waals surface area contributed by atoms with Gasteiger partial charge in [-0.1, -0.05) is 36.4 Å². The van der Waals surface area contributed by atoms with Crippen LogP contribution in [0.3, 0.4) is 0 Å². The van der Waals surface area contributed by atoms with Crippen LogP contribution in [-0.2, 0) is 0 Å². The summed E-state index contributed by atoms with van der Waals surface area (Å²) in [4.78, 5) is 2.35. The summed E-state index contributed by atoms with van der Waals surface area (Å²) >= 11 is 2.40. The number of nitrogens with zero attached hydrogens (tertiary/aromatic N) is 1. The second-order valence-electron chi connectivity index (χ2n) is 3.24. The first-order chi connectivity index (χ1) is 4.66. The Balaban J connectivity index is 3.03. The van der Waals surface area contributed by atoms with Gasteiger partial charge >= 0.3 is 0 Å². The van der Waals surface area contributed by atoms with Crippen LogP contribution < -0.4 is 0 Å². The topological polar surface area (TPSA) is 3.24 Å². The van der Waals surface area contributed by atoms with Gasteiger partial charge in [0, 0.05) is 0 Å². The standard InChI is InChI=1S/C8H18IN/c1-8(2)5-4-6-10(3)7-9/h8H,4-7H2,1-3H3. The lowest BCUT2D eigenvalue weighted by atomic mass is 10.1. The number of hydrogen-bond acceptors (Lipinski definition) is 1. The lowest BCUT2D eigenvalue weighted by Crippen LogP contribution is -2.17. The van der Waals surface area contributed by atoms with E-state index in [9.17, 15) is 0 Å². The summed E-state index contributed by atoms with van der Waals surface area (Å²) in [6.07, 6.45) is 2.71. The van der Waals surface area contributed by atoms with Crippen LogP contribution in [0.2, 0.25) is 0 Å². The maximum absolute atomic E-state index is 2.40. The van der Waals surface area contributed by atoms with E-state index in [1.165, 1.54) is 19.4 Å². The molecule has 0 fully saturated rings. The van der Waals surface area contributed by atoms with Crippen LogP contribution in [0.1, 0.15) is 26.7 Å². The first-order valence-corrected chi connectivity index (χ1v) is 5.44. The first kappa shape index (κ1) is 10.7. The fourth-order valence-corrected chi connectivity index (χ4v) is 1.17. The van der Waals surface area contributed by atoms with E-state index in [2.05, 4.69) is 48.4 Å². The van der Waals surface area contributed by atoms with Gasteiger partial charge in [-0.15, -0.1) is 0 Å². The van der Waals surface area contributed by atoms with Crippen molar-refractivity contribution in [3.05, 3.63) is 0 Å². The molecule has 0 rings (SSSR count). The van der Waals surface area contributed by atoms with Crippen molar-refractivity contribution in [2.24, 2.45) is 5.92 Å². The van der Waals surface area contributed by atoms with Crippen LogP contribution in [0, 0.1) is 5.92 Å². The summed E-state index contributed by atoms with van der Waals surface area (Å²) in [5.41, 5.74) is 0. The zero-order valence-electron chi connectivity index (χ0n) is 7.23. The molecule has 0 spiro atoms. The highest BCUT2D eigenvalue weighted by atomic mass is 127. The molecule has 0 aromatic carbocycles. The number of halogens is 1. The molecule has 0 aromatic rings. The van der Waals surface area contributed by atoms with E-state index in [-0.39, 0.29) is 0 Å². The maximum atomic E-state index is 2.40. The SMILES string of the molecule is CC(C)CCCN(C)CI. The van der Waals surface area contributed by atoms with E-state index in [0.717, 1.165) is 10.5 Å². The van der Waals surface area contributed by atoms with Crippen molar-refractivity contribution in [3.63, 3.8) is 0 Å². The van der Waals surface area contributed by atoms with Crippen LogP contribution in [0.5, 0.6) is 0 Å². The minimum atomic E-state index is 0.864. The highest BCUT2D eigenvalue weighted by Gasteiger charge is 1.96. The Hall–Kier alpha value is 0.690. The summed E-state index contributed by atoms with van der Waals surface area (Å²) in [5.74, 6) is 0.864. The van der Waals surface area contributed by atoms with Crippen molar-refractivity contribution in [2.45, 2.75) is 26.7 Å². The molecule has 62 valence electrons. The van der Waals surface area contributed by atoms with E-state index >= 15 is 0 Å². The van der Waals surface area contributed by atoms with Crippen LogP contribution in [0.25, 0.3) is 0 Å². The highest BCUT2D eigenvalue weighted by molar-refractivity contribution is 14.1. The van der Waals surface area contributed by atoms with Gasteiger partial charge in [-0.3, -0.25) is 4.90 Å². The maximum Gasteiger partial charge on any atom is 0.0502 e. The lowest BCUT2D eigenvalue weighted by molar-refractivity contribution is 0.372. The molecular formula is C8H18IN. The van der Waals surface area contributed by atoms with E-state index in [1.807, 2.05) is 0 Å². The molecule has 0 unspecified atom stereocenters. The second kappa shape index (κ2) is 6.40. The predicted molar refractivity (Wildman–Crippen MR) is 55.6 cm³/mol. The Labute approximate surface area is 78.3 Å². The van der Waals surface area contributed by atoms with Gasteiger partial charge in [0.05, 0.1) is 4.55 Å². The van der Waals surface area contributed by atoms with Crippen LogP contribution in [0.4, 0.5) is 0 Å². The molecule has 0 amide bonds. The monoisotopic (exact) mass is 255 g/mol. The summed E-state index contributed by atoms with van der Waals surface area (Å²) in [6, 6.07) is 0. The highest BCUT2D eigenvalue weighted by Crippen LogP contribution is 2.04. The molecule has 0 aliphatic carbocycles. The molecule has 0 aromatic heterocycles. The van der Waals surface area contributed by atoms with Crippen molar-refractivity contribution >= 4 is 22.6 Å². The molecule has 0 aliphatic rings. The smallest absolute Gasteiger partial charge is 0.0502 e. The fourth-order valence-electron chi connectivity index (χ4n) is 0.829. The second-order valence-corrected chi connectivity index (χ2v) is 3.92. The molecule has 2 heteroatoms. The molecule has 0 saturated heterocycles. The molecule has 1 nitrogen and oxygen atoms in total. The molecule has 0 bridgehead atoms. The number of hydrogen-bond donors (Lipinski definition) is 0. The van der Waals surface area contributed by atoms with Gasteiger partial charge in [0.2, 0.25) is 0 Å². The normalized spacial score (nSPS) is 11.4. The van der Waals surface area contributed by atoms with Crippen molar-refractivity contribution in [3.8, 4) is 0 Å². The zero-order chi connectivity index (χ0) is 7.98. The van der Waals surface area contributed by atoms with Crippen LogP contribution in [0.15, 0.2) is 0 Å². The minimum Gasteiger partial charge on any atom is -0.297 e. The van der Waals surface area contributed by atoms with Gasteiger partial charge in [-0.05, 0) is 32.4 Å². The third-order valence-corrected chi connectivity index (χ3v) is 2.69. The quantitative estimate of drug-likeness (QED) is 0.415. The Morgan fingerprint density at radius 1 is 1.40 bits per heavy atom. The van der Waals surface area contributed by atoms with Crippen molar-refractivity contribution in [2.75, 3.05) is 18.1 Å². The minimum absolute atomic E-state index is 0.864. The Kier molecular flexibility index (Phi) is 6.85. The van der Waals surface area contributed by atoms with Gasteiger partial charge in [0.15, 0.2) is 0 Å². The molecule has 0 heterocycles. The first-order valence-electron chi connectivity index (χ1n) is 3.91. The Bertz CT molecular complexity index is 73.7. The van der Waals surface area contributed by atoms with Crippen molar-refractivity contribution in [1.29, 1.82) is 0 Å². The van der Waals surface area contributed by atoms with Gasteiger partial charge in [-0.2, -0.15) is 0 Å². The van der Waals surface area contributed by atoms with E-state index < -0.39 is 0 Å². The van der Waals surface area contributed by atoms with Crippen molar-refractivity contribution < 1.29 is 0 Å². The Morgan fingerprint density at radius 2 is 2.00 bits per heavy atom.